The van der Waals surface area contributed by atoms with Gasteiger partial charge in [0.25, 0.3) is 5.91 Å². The second-order valence-corrected chi connectivity index (χ2v) is 4.08. The average molecular weight is 279 g/mol. The molecule has 19 heavy (non-hydrogen) atoms. The first kappa shape index (κ1) is 13.1. The van der Waals surface area contributed by atoms with Crippen molar-refractivity contribution in [2.45, 2.75) is 0 Å². The normalized spacial score (nSPS) is 10.0. The molecule has 2 aromatic rings. The second-order valence-electron chi connectivity index (χ2n) is 3.67. The Balaban J connectivity index is 2.22. The number of benzene rings is 1. The van der Waals surface area contributed by atoms with E-state index in [9.17, 15) is 9.59 Å². The number of halogens is 1. The van der Waals surface area contributed by atoms with Crippen molar-refractivity contribution in [1.82, 2.24) is 14.9 Å². The number of carbonyl (C=O) groups is 2. The quantitative estimate of drug-likeness (QED) is 0.882. The molecule has 0 unspecified atom stereocenters. The minimum Gasteiger partial charge on any atom is -0.355 e. The standard InChI is InChI=1S/C12H11ClN4O2/c1-14-11(18)9-6-8(2-3-10(9)13)16-12(19)17-5-4-15-7-17/h2-7H,1H3,(H,14,18)(H,16,19). The lowest BCUT2D eigenvalue weighted by Crippen LogP contribution is -2.20. The van der Waals surface area contributed by atoms with E-state index in [1.54, 1.807) is 12.1 Å². The molecule has 2 rings (SSSR count). The van der Waals surface area contributed by atoms with E-state index in [2.05, 4.69) is 15.6 Å². The molecule has 0 aliphatic rings. The van der Waals surface area contributed by atoms with Gasteiger partial charge in [-0.15, -0.1) is 0 Å². The van der Waals surface area contributed by atoms with Gasteiger partial charge in [0.2, 0.25) is 0 Å². The summed E-state index contributed by atoms with van der Waals surface area (Å²) in [5, 5.41) is 5.43. The number of amides is 2. The van der Waals surface area contributed by atoms with E-state index in [1.165, 1.54) is 36.4 Å². The SMILES string of the molecule is CNC(=O)c1cc(NC(=O)n2ccnc2)ccc1Cl. The lowest BCUT2D eigenvalue weighted by atomic mass is 10.2. The van der Waals surface area contributed by atoms with Crippen LogP contribution in [0.1, 0.15) is 10.4 Å². The van der Waals surface area contributed by atoms with Gasteiger partial charge in [-0.1, -0.05) is 11.6 Å². The molecule has 0 radical (unpaired) electrons. The molecule has 0 atom stereocenters. The summed E-state index contributed by atoms with van der Waals surface area (Å²) >= 11 is 5.92. The third-order valence-electron chi connectivity index (χ3n) is 2.43. The predicted octanol–water partition coefficient (Wildman–Crippen LogP) is 1.98. The maximum absolute atomic E-state index is 11.8. The van der Waals surface area contributed by atoms with Crippen molar-refractivity contribution in [3.05, 3.63) is 47.5 Å². The molecule has 0 aliphatic carbocycles. The Hall–Kier alpha value is -2.34. The van der Waals surface area contributed by atoms with Crippen molar-refractivity contribution in [2.24, 2.45) is 0 Å². The third kappa shape index (κ3) is 2.92. The van der Waals surface area contributed by atoms with E-state index >= 15 is 0 Å². The Labute approximate surface area is 114 Å². The highest BCUT2D eigenvalue weighted by Gasteiger charge is 2.11. The Bertz CT molecular complexity index is 610. The van der Waals surface area contributed by atoms with Gasteiger partial charge in [-0.3, -0.25) is 9.36 Å². The molecule has 0 spiro atoms. The molecule has 98 valence electrons. The summed E-state index contributed by atoms with van der Waals surface area (Å²) < 4.78 is 1.29. The molecular formula is C12H11ClN4O2. The van der Waals surface area contributed by atoms with Crippen molar-refractivity contribution in [3.63, 3.8) is 0 Å². The van der Waals surface area contributed by atoms with Crippen LogP contribution in [0.15, 0.2) is 36.9 Å². The topological polar surface area (TPSA) is 76.0 Å². The van der Waals surface area contributed by atoms with Crippen LogP contribution in [0.2, 0.25) is 5.02 Å². The van der Waals surface area contributed by atoms with Gasteiger partial charge in [-0.25, -0.2) is 9.78 Å². The molecule has 7 heteroatoms. The molecule has 2 amide bonds. The molecule has 0 bridgehead atoms. The Kier molecular flexibility index (Phi) is 3.82. The first-order valence-corrected chi connectivity index (χ1v) is 5.80. The summed E-state index contributed by atoms with van der Waals surface area (Å²) in [6, 6.07) is 4.30. The molecule has 1 heterocycles. The van der Waals surface area contributed by atoms with E-state index in [-0.39, 0.29) is 11.9 Å². The predicted molar refractivity (Wildman–Crippen MR) is 71.5 cm³/mol. The van der Waals surface area contributed by atoms with Crippen LogP contribution in [-0.2, 0) is 0 Å². The van der Waals surface area contributed by atoms with Crippen molar-refractivity contribution < 1.29 is 9.59 Å². The lowest BCUT2D eigenvalue weighted by Gasteiger charge is -2.08. The van der Waals surface area contributed by atoms with E-state index in [0.29, 0.717) is 16.3 Å². The third-order valence-corrected chi connectivity index (χ3v) is 2.76. The molecular weight excluding hydrogens is 268 g/mol. The number of nitrogens with zero attached hydrogens (tertiary/aromatic N) is 2. The summed E-state index contributed by atoms with van der Waals surface area (Å²) in [6.45, 7) is 0. The van der Waals surface area contributed by atoms with E-state index in [0.717, 1.165) is 0 Å². The summed E-state index contributed by atoms with van der Waals surface area (Å²) in [5.41, 5.74) is 0.772. The van der Waals surface area contributed by atoms with E-state index in [1.807, 2.05) is 0 Å². The summed E-state index contributed by atoms with van der Waals surface area (Å²) in [7, 11) is 1.51. The minimum absolute atomic E-state index is 0.299. The van der Waals surface area contributed by atoms with Gasteiger partial charge in [0.1, 0.15) is 6.33 Å². The number of hydrogen-bond donors (Lipinski definition) is 2. The van der Waals surface area contributed by atoms with Crippen LogP contribution in [0.4, 0.5) is 10.5 Å². The fourth-order valence-electron chi connectivity index (χ4n) is 1.48. The zero-order valence-corrected chi connectivity index (χ0v) is 10.8. The first-order valence-electron chi connectivity index (χ1n) is 5.43. The summed E-state index contributed by atoms with van der Waals surface area (Å²) in [4.78, 5) is 27.1. The van der Waals surface area contributed by atoms with Gasteiger partial charge in [-0.2, -0.15) is 0 Å². The number of imidazole rings is 1. The number of nitrogens with one attached hydrogen (secondary N) is 2. The molecule has 0 aliphatic heterocycles. The van der Waals surface area contributed by atoms with Crippen LogP contribution in [-0.4, -0.2) is 28.5 Å². The maximum atomic E-state index is 11.8. The number of anilines is 1. The van der Waals surface area contributed by atoms with E-state index < -0.39 is 0 Å². The van der Waals surface area contributed by atoms with Crippen LogP contribution < -0.4 is 10.6 Å². The van der Waals surface area contributed by atoms with Crippen LogP contribution >= 0.6 is 11.6 Å². The Morgan fingerprint density at radius 3 is 2.79 bits per heavy atom. The fourth-order valence-corrected chi connectivity index (χ4v) is 1.68. The van der Waals surface area contributed by atoms with Gasteiger partial charge < -0.3 is 10.6 Å². The van der Waals surface area contributed by atoms with Crippen LogP contribution in [0.5, 0.6) is 0 Å². The average Bonchev–Trinajstić information content (AvgIpc) is 2.94. The van der Waals surface area contributed by atoms with Gasteiger partial charge in [0.05, 0.1) is 10.6 Å². The van der Waals surface area contributed by atoms with E-state index in [4.69, 9.17) is 11.6 Å². The fraction of sp³-hybridized carbons (Fsp3) is 0.0833. The van der Waals surface area contributed by atoms with Gasteiger partial charge in [0, 0.05) is 25.1 Å². The zero-order valence-electron chi connectivity index (χ0n) is 10.1. The number of carbonyl (C=O) groups excluding carboxylic acids is 2. The number of aromatic nitrogens is 2. The smallest absolute Gasteiger partial charge is 0.331 e. The van der Waals surface area contributed by atoms with Crippen molar-refractivity contribution in [1.29, 1.82) is 0 Å². The lowest BCUT2D eigenvalue weighted by molar-refractivity contribution is 0.0963. The molecule has 0 saturated heterocycles. The molecule has 2 N–H and O–H groups in total. The van der Waals surface area contributed by atoms with Gasteiger partial charge in [-0.05, 0) is 18.2 Å². The minimum atomic E-state index is -0.373. The molecule has 0 fully saturated rings. The highest BCUT2D eigenvalue weighted by atomic mass is 35.5. The van der Waals surface area contributed by atoms with Crippen LogP contribution in [0.25, 0.3) is 0 Å². The molecule has 1 aromatic carbocycles. The monoisotopic (exact) mass is 278 g/mol. The highest BCUT2D eigenvalue weighted by molar-refractivity contribution is 6.34. The van der Waals surface area contributed by atoms with Crippen LogP contribution in [0.3, 0.4) is 0 Å². The molecule has 0 saturated carbocycles. The Morgan fingerprint density at radius 2 is 2.16 bits per heavy atom. The molecule has 1 aromatic heterocycles. The summed E-state index contributed by atoms with van der Waals surface area (Å²) in [5.74, 6) is -0.316. The number of rotatable bonds is 2. The van der Waals surface area contributed by atoms with Crippen molar-refractivity contribution in [2.75, 3.05) is 12.4 Å². The van der Waals surface area contributed by atoms with Crippen LogP contribution in [0, 0.1) is 0 Å². The maximum Gasteiger partial charge on any atom is 0.331 e. The second kappa shape index (κ2) is 5.53. The van der Waals surface area contributed by atoms with Crippen molar-refractivity contribution >= 4 is 29.2 Å². The summed E-state index contributed by atoms with van der Waals surface area (Å²) in [6.07, 6.45) is 4.40. The van der Waals surface area contributed by atoms with Gasteiger partial charge >= 0.3 is 6.03 Å². The zero-order chi connectivity index (χ0) is 13.8. The number of hydrogen-bond acceptors (Lipinski definition) is 3. The Morgan fingerprint density at radius 1 is 1.37 bits per heavy atom. The largest absolute Gasteiger partial charge is 0.355 e. The highest BCUT2D eigenvalue weighted by Crippen LogP contribution is 2.20. The first-order chi connectivity index (χ1) is 9.11. The van der Waals surface area contributed by atoms with Gasteiger partial charge in [0.15, 0.2) is 0 Å². The molecule has 6 nitrogen and oxygen atoms in total. The van der Waals surface area contributed by atoms with Crippen molar-refractivity contribution in [3.8, 4) is 0 Å².